The van der Waals surface area contributed by atoms with E-state index in [0.29, 0.717) is 29.3 Å². The summed E-state index contributed by atoms with van der Waals surface area (Å²) in [4.78, 5) is 31.1. The fraction of sp³-hybridized carbons (Fsp3) is 0.192. The van der Waals surface area contributed by atoms with Gasteiger partial charge in [-0.15, -0.1) is 13.2 Å². The zero-order valence-electron chi connectivity index (χ0n) is 20.3. The average molecular weight is 512 g/mol. The van der Waals surface area contributed by atoms with Crippen LogP contribution >= 0.6 is 0 Å². The number of nitrogens with zero attached hydrogens (tertiary/aromatic N) is 3. The summed E-state index contributed by atoms with van der Waals surface area (Å²) < 4.78 is 46.0. The van der Waals surface area contributed by atoms with Crippen LogP contribution in [0.1, 0.15) is 11.3 Å². The average Bonchev–Trinajstić information content (AvgIpc) is 3.28. The number of nitrogens with two attached hydrogens (primary N) is 1. The van der Waals surface area contributed by atoms with Gasteiger partial charge >= 0.3 is 6.30 Å². The monoisotopic (exact) mass is 511 g/mol. The summed E-state index contributed by atoms with van der Waals surface area (Å²) in [7, 11) is 4.78. The van der Waals surface area contributed by atoms with E-state index in [-0.39, 0.29) is 22.3 Å². The molecule has 0 aliphatic heterocycles. The Balaban J connectivity index is 2.00. The lowest BCUT2D eigenvalue weighted by molar-refractivity contribution is -0.118. The molecular formula is C26H24F3N5O3. The highest BCUT2D eigenvalue weighted by molar-refractivity contribution is 6.11. The van der Waals surface area contributed by atoms with Crippen LogP contribution in [-0.4, -0.2) is 33.7 Å². The molecule has 0 saturated heterocycles. The smallest absolute Gasteiger partial charge is 0.404 e. The normalized spacial score (nSPS) is 12.6. The summed E-state index contributed by atoms with van der Waals surface area (Å²) in [6.45, 7) is 0.397. The Bertz CT molecular complexity index is 1660. The number of H-pyrrole nitrogens is 1. The van der Waals surface area contributed by atoms with Crippen LogP contribution in [-0.2, 0) is 25.4 Å². The predicted molar refractivity (Wildman–Crippen MR) is 137 cm³/mol. The second-order valence-electron chi connectivity index (χ2n) is 8.46. The number of benzene rings is 1. The number of hydrogen-bond donors (Lipinski definition) is 2. The fourth-order valence-corrected chi connectivity index (χ4v) is 4.13. The van der Waals surface area contributed by atoms with Gasteiger partial charge < -0.3 is 24.6 Å². The van der Waals surface area contributed by atoms with Crippen LogP contribution in [0.25, 0.3) is 38.7 Å². The van der Waals surface area contributed by atoms with E-state index >= 15 is 0 Å². The third-order valence-electron chi connectivity index (χ3n) is 5.87. The number of nitrogens with one attached hydrogen (secondary N) is 1. The molecule has 0 saturated carbocycles. The number of aryl methyl sites for hydroxylation is 2. The molecule has 0 aliphatic carbocycles. The molecule has 4 aromatic rings. The van der Waals surface area contributed by atoms with Crippen molar-refractivity contribution in [3.63, 3.8) is 0 Å². The molecule has 11 heteroatoms. The molecule has 0 bridgehead atoms. The Morgan fingerprint density at radius 2 is 1.81 bits per heavy atom. The lowest BCUT2D eigenvalue weighted by Gasteiger charge is -2.14. The lowest BCUT2D eigenvalue weighted by Crippen LogP contribution is -2.18. The van der Waals surface area contributed by atoms with Crippen molar-refractivity contribution in [3.8, 4) is 22.3 Å². The molecule has 37 heavy (non-hydrogen) atoms. The van der Waals surface area contributed by atoms with Gasteiger partial charge in [0, 0.05) is 79.9 Å². The molecule has 3 heterocycles. The molecule has 0 atom stereocenters. The maximum Gasteiger partial charge on any atom is 0.503 e. The number of rotatable bonds is 6. The minimum absolute atomic E-state index is 0.0574. The van der Waals surface area contributed by atoms with Crippen molar-refractivity contribution in [1.82, 2.24) is 14.1 Å². The molecule has 1 aromatic carbocycles. The number of ether oxygens (including phenoxy) is 1. The molecule has 8 nitrogen and oxygen atoms in total. The summed E-state index contributed by atoms with van der Waals surface area (Å²) >= 11 is 0. The van der Waals surface area contributed by atoms with Crippen molar-refractivity contribution in [2.75, 3.05) is 7.11 Å². The van der Waals surface area contributed by atoms with E-state index in [1.165, 1.54) is 21.3 Å². The van der Waals surface area contributed by atoms with Crippen LogP contribution in [0, 0.1) is 0 Å². The fourth-order valence-electron chi connectivity index (χ4n) is 4.13. The number of fused-ring (bicyclic) bond motifs is 1. The Hall–Kier alpha value is -4.38. The van der Waals surface area contributed by atoms with Crippen LogP contribution in [0.3, 0.4) is 0 Å². The Morgan fingerprint density at radius 3 is 2.49 bits per heavy atom. The highest BCUT2D eigenvalue weighted by atomic mass is 19.4. The quantitative estimate of drug-likeness (QED) is 0.302. The van der Waals surface area contributed by atoms with Gasteiger partial charge in [0.05, 0.1) is 6.61 Å². The van der Waals surface area contributed by atoms with E-state index in [9.17, 15) is 22.8 Å². The highest BCUT2D eigenvalue weighted by Crippen LogP contribution is 2.35. The summed E-state index contributed by atoms with van der Waals surface area (Å²) in [5, 5.41) is 0.417. The van der Waals surface area contributed by atoms with Gasteiger partial charge in [-0.3, -0.25) is 9.59 Å². The molecule has 0 spiro atoms. The maximum absolute atomic E-state index is 12.9. The molecule has 0 radical (unpaired) electrons. The number of hydrogen-bond acceptors (Lipinski definition) is 5. The number of aromatic nitrogens is 3. The van der Waals surface area contributed by atoms with E-state index in [0.717, 1.165) is 22.9 Å². The van der Waals surface area contributed by atoms with Gasteiger partial charge in [0.1, 0.15) is 5.52 Å². The molecule has 0 fully saturated rings. The molecule has 4 rings (SSSR count). The topological polar surface area (TPSA) is 107 Å². The first-order chi connectivity index (χ1) is 17.5. The van der Waals surface area contributed by atoms with Gasteiger partial charge in [-0.2, -0.15) is 4.99 Å². The van der Waals surface area contributed by atoms with Crippen LogP contribution in [0.5, 0.6) is 0 Å². The molecule has 0 aliphatic rings. The van der Waals surface area contributed by atoms with Crippen molar-refractivity contribution in [2.45, 2.75) is 12.9 Å². The third-order valence-corrected chi connectivity index (χ3v) is 5.87. The molecule has 0 unspecified atom stereocenters. The van der Waals surface area contributed by atoms with Crippen LogP contribution in [0.15, 0.2) is 69.6 Å². The third kappa shape index (κ3) is 5.26. The molecular weight excluding hydrogens is 487 g/mol. The lowest BCUT2D eigenvalue weighted by atomic mass is 9.94. The number of methoxy groups -OCH3 is 1. The largest absolute Gasteiger partial charge is 0.503 e. The van der Waals surface area contributed by atoms with Crippen molar-refractivity contribution in [3.05, 3.63) is 87.0 Å². The number of aromatic amines is 1. The van der Waals surface area contributed by atoms with Gasteiger partial charge in [0.2, 0.25) is 0 Å². The van der Waals surface area contributed by atoms with Gasteiger partial charge in [-0.1, -0.05) is 18.2 Å². The molecule has 0 amide bonds. The van der Waals surface area contributed by atoms with Crippen LogP contribution in [0.4, 0.5) is 13.2 Å². The van der Waals surface area contributed by atoms with E-state index in [2.05, 4.69) is 9.98 Å². The van der Waals surface area contributed by atoms with Crippen molar-refractivity contribution < 1.29 is 17.9 Å². The molecule has 192 valence electrons. The van der Waals surface area contributed by atoms with E-state index in [4.69, 9.17) is 10.5 Å². The van der Waals surface area contributed by atoms with Gasteiger partial charge in [0.25, 0.3) is 11.1 Å². The zero-order valence-corrected chi connectivity index (χ0v) is 20.3. The number of allylic oxidation sites excluding steroid dienone is 1. The molecule has 3 aromatic heterocycles. The first kappa shape index (κ1) is 25.7. The maximum atomic E-state index is 12.9. The highest BCUT2D eigenvalue weighted by Gasteiger charge is 2.25. The van der Waals surface area contributed by atoms with Crippen molar-refractivity contribution in [1.29, 1.82) is 0 Å². The standard InChI is InChI=1S/C26H24F3N5O3/c1-33-12-20(16-6-4-5-15(7-16)14-37-3)18(9-23(33)35)21-13-34(2)25(36)24-19(21)8-22(32-24)17(10-30)11-31-26(27,28)29/h4-13,32H,14,30H2,1-3H3. The Kier molecular flexibility index (Phi) is 6.90. The number of halogens is 3. The number of pyridine rings is 2. The van der Waals surface area contributed by atoms with Gasteiger partial charge in [0.15, 0.2) is 0 Å². The molecule has 3 N–H and O–H groups in total. The summed E-state index contributed by atoms with van der Waals surface area (Å²) in [6, 6.07) is 10.6. The second kappa shape index (κ2) is 9.94. The zero-order chi connectivity index (χ0) is 26.9. The Morgan fingerprint density at radius 1 is 1.08 bits per heavy atom. The van der Waals surface area contributed by atoms with Crippen LogP contribution in [0.2, 0.25) is 0 Å². The summed E-state index contributed by atoms with van der Waals surface area (Å²) in [6.07, 6.45) is 0.0668. The first-order valence-corrected chi connectivity index (χ1v) is 11.1. The summed E-state index contributed by atoms with van der Waals surface area (Å²) in [5.41, 5.74) is 8.70. The number of alkyl halides is 3. The Labute approximate surface area is 209 Å². The van der Waals surface area contributed by atoms with E-state index in [1.54, 1.807) is 33.6 Å². The SMILES string of the molecule is COCc1cccc(-c2cn(C)c(=O)cc2-c2cn(C)c(=O)c3[nH]c(C(C=NC(F)(F)F)=CN)cc23)c1. The summed E-state index contributed by atoms with van der Waals surface area (Å²) in [5.74, 6) is 0. The predicted octanol–water partition coefficient (Wildman–Crippen LogP) is 3.94. The van der Waals surface area contributed by atoms with Gasteiger partial charge in [-0.05, 0) is 28.8 Å². The minimum Gasteiger partial charge on any atom is -0.404 e. The van der Waals surface area contributed by atoms with Gasteiger partial charge in [-0.25, -0.2) is 0 Å². The first-order valence-electron chi connectivity index (χ1n) is 11.1. The second-order valence-corrected chi connectivity index (χ2v) is 8.46. The van der Waals surface area contributed by atoms with Crippen molar-refractivity contribution in [2.24, 2.45) is 24.8 Å². The minimum atomic E-state index is -4.78. The van der Waals surface area contributed by atoms with E-state index in [1.807, 2.05) is 24.3 Å². The number of aliphatic imine (C=N–C) groups is 1. The van der Waals surface area contributed by atoms with Crippen LogP contribution < -0.4 is 16.9 Å². The van der Waals surface area contributed by atoms with E-state index < -0.39 is 11.9 Å². The van der Waals surface area contributed by atoms with Crippen molar-refractivity contribution >= 4 is 22.7 Å².